The Morgan fingerprint density at radius 2 is 1.43 bits per heavy atom. The first-order chi connectivity index (χ1) is 25.3. The van der Waals surface area contributed by atoms with Gasteiger partial charge in [-0.15, -0.1) is 0 Å². The van der Waals surface area contributed by atoms with Gasteiger partial charge in [-0.1, -0.05) is 41.5 Å². The summed E-state index contributed by atoms with van der Waals surface area (Å²) >= 11 is 0. The lowest BCUT2D eigenvalue weighted by Crippen LogP contribution is -2.74. The second-order valence-electron chi connectivity index (χ2n) is 20.6. The molecule has 8 rings (SSSR count). The molecule has 13 heteroatoms. The summed E-state index contributed by atoms with van der Waals surface area (Å²) in [6, 6.07) is 0. The van der Waals surface area contributed by atoms with Crippen LogP contribution in [0, 0.1) is 50.2 Å². The number of carbonyl (C=O) groups is 1. The lowest BCUT2D eigenvalue weighted by molar-refractivity contribution is -0.353. The van der Waals surface area contributed by atoms with Crippen LogP contribution in [0.1, 0.15) is 106 Å². The Balaban J connectivity index is 0.976. The number of aldehydes is 1. The molecular weight excluding hydrogens is 700 g/mol. The third-order valence-corrected chi connectivity index (χ3v) is 18.1. The Kier molecular flexibility index (Phi) is 9.70. The Morgan fingerprint density at radius 1 is 0.722 bits per heavy atom. The van der Waals surface area contributed by atoms with Gasteiger partial charge in [0.25, 0.3) is 0 Å². The number of carbonyl (C=O) groups excluding carboxylic acids is 1. The normalized spacial score (nSPS) is 59.4. The van der Waals surface area contributed by atoms with Gasteiger partial charge in [-0.05, 0) is 98.2 Å². The van der Waals surface area contributed by atoms with E-state index in [4.69, 9.17) is 23.7 Å². The van der Waals surface area contributed by atoms with E-state index >= 15 is 0 Å². The molecule has 0 unspecified atom stereocenters. The highest BCUT2D eigenvalue weighted by molar-refractivity contribution is 5.59. The van der Waals surface area contributed by atoms with Gasteiger partial charge in [-0.2, -0.15) is 0 Å². The molecule has 0 aromatic carbocycles. The van der Waals surface area contributed by atoms with Gasteiger partial charge >= 0.3 is 0 Å². The van der Waals surface area contributed by atoms with Crippen molar-refractivity contribution in [1.29, 1.82) is 0 Å². The van der Waals surface area contributed by atoms with Gasteiger partial charge in [0.2, 0.25) is 0 Å². The summed E-state index contributed by atoms with van der Waals surface area (Å²) in [5.74, 6) is 0.854. The van der Waals surface area contributed by atoms with Crippen molar-refractivity contribution in [2.45, 2.75) is 179 Å². The molecule has 3 heterocycles. The quantitative estimate of drug-likeness (QED) is 0.153. The Bertz CT molecular complexity index is 1440. The zero-order valence-corrected chi connectivity index (χ0v) is 32.9. The molecular formula is C41H66O13. The summed E-state index contributed by atoms with van der Waals surface area (Å²) in [5.41, 5.74) is -1.68. The van der Waals surface area contributed by atoms with Crippen molar-refractivity contribution in [3.05, 3.63) is 0 Å². The van der Waals surface area contributed by atoms with E-state index in [1.807, 2.05) is 0 Å². The highest BCUT2D eigenvalue weighted by Crippen LogP contribution is 2.80. The molecule has 0 radical (unpaired) electrons. The molecule has 3 aliphatic heterocycles. The van der Waals surface area contributed by atoms with Crippen molar-refractivity contribution in [2.24, 2.45) is 50.2 Å². The summed E-state index contributed by atoms with van der Waals surface area (Å²) in [4.78, 5) is 12.4. The lowest BCUT2D eigenvalue weighted by atomic mass is 9.30. The summed E-state index contributed by atoms with van der Waals surface area (Å²) in [6.45, 7) is 13.8. The molecule has 20 atom stereocenters. The highest BCUT2D eigenvalue weighted by atomic mass is 16.7. The number of hydrogen-bond acceptors (Lipinski definition) is 13. The lowest BCUT2D eigenvalue weighted by Gasteiger charge is -2.75. The zero-order valence-electron chi connectivity index (χ0n) is 32.9. The number of aliphatic hydroxyl groups is 7. The Labute approximate surface area is 319 Å². The maximum atomic E-state index is 12.4. The molecule has 2 bridgehead atoms. The van der Waals surface area contributed by atoms with Crippen LogP contribution in [0.3, 0.4) is 0 Å². The largest absolute Gasteiger partial charge is 0.394 e. The van der Waals surface area contributed by atoms with Gasteiger partial charge < -0.3 is 64.2 Å². The first-order valence-electron chi connectivity index (χ1n) is 20.7. The van der Waals surface area contributed by atoms with Crippen LogP contribution >= 0.6 is 0 Å². The van der Waals surface area contributed by atoms with E-state index in [1.54, 1.807) is 0 Å². The van der Waals surface area contributed by atoms with E-state index in [-0.39, 0.29) is 56.7 Å². The number of rotatable bonds is 6. The minimum absolute atomic E-state index is 0.0150. The fourth-order valence-corrected chi connectivity index (χ4v) is 14.7. The molecule has 5 aliphatic carbocycles. The van der Waals surface area contributed by atoms with Crippen molar-refractivity contribution < 1.29 is 64.2 Å². The maximum Gasteiger partial charge on any atom is 0.187 e. The van der Waals surface area contributed by atoms with Gasteiger partial charge in [0.05, 0.1) is 37.6 Å². The van der Waals surface area contributed by atoms with Crippen molar-refractivity contribution in [2.75, 3.05) is 19.8 Å². The topological polar surface area (TPSA) is 205 Å². The van der Waals surface area contributed by atoms with Gasteiger partial charge in [-0.25, -0.2) is 0 Å². The summed E-state index contributed by atoms with van der Waals surface area (Å²) in [5, 5.41) is 74.7. The van der Waals surface area contributed by atoms with Gasteiger partial charge in [0.15, 0.2) is 12.6 Å². The predicted molar refractivity (Wildman–Crippen MR) is 191 cm³/mol. The summed E-state index contributed by atoms with van der Waals surface area (Å²) < 4.78 is 30.9. The summed E-state index contributed by atoms with van der Waals surface area (Å²) in [7, 11) is 0. The number of aliphatic hydroxyl groups excluding tert-OH is 7. The third kappa shape index (κ3) is 5.22. The van der Waals surface area contributed by atoms with Gasteiger partial charge in [-0.3, -0.25) is 0 Å². The molecule has 308 valence electrons. The van der Waals surface area contributed by atoms with Crippen LogP contribution in [0.15, 0.2) is 0 Å². The van der Waals surface area contributed by atoms with Crippen LogP contribution < -0.4 is 0 Å². The smallest absolute Gasteiger partial charge is 0.187 e. The van der Waals surface area contributed by atoms with Crippen LogP contribution in [0.4, 0.5) is 0 Å². The minimum atomic E-state index is -1.65. The zero-order chi connectivity index (χ0) is 39.0. The first kappa shape index (κ1) is 40.0. The van der Waals surface area contributed by atoms with Gasteiger partial charge in [0, 0.05) is 16.2 Å². The molecule has 5 saturated carbocycles. The molecule has 0 amide bonds. The average Bonchev–Trinajstić information content (AvgIpc) is 3.41. The monoisotopic (exact) mass is 766 g/mol. The van der Waals surface area contributed by atoms with Crippen LogP contribution in [-0.4, -0.2) is 135 Å². The molecule has 8 aliphatic rings. The Morgan fingerprint density at radius 3 is 2.13 bits per heavy atom. The molecule has 1 spiro atoms. The number of hydrogen-bond donors (Lipinski definition) is 7. The molecule has 7 N–H and O–H groups in total. The fourth-order valence-electron chi connectivity index (χ4n) is 14.7. The molecule has 0 aromatic heterocycles. The van der Waals surface area contributed by atoms with Crippen LogP contribution in [-0.2, 0) is 28.5 Å². The van der Waals surface area contributed by atoms with Crippen molar-refractivity contribution in [3.63, 3.8) is 0 Å². The van der Waals surface area contributed by atoms with Crippen molar-refractivity contribution >= 4 is 6.29 Å². The first-order valence-corrected chi connectivity index (χ1v) is 20.7. The van der Waals surface area contributed by atoms with E-state index < -0.39 is 68.0 Å². The molecule has 13 nitrogen and oxygen atoms in total. The average molecular weight is 767 g/mol. The van der Waals surface area contributed by atoms with E-state index in [9.17, 15) is 40.5 Å². The molecule has 3 saturated heterocycles. The second kappa shape index (κ2) is 13.1. The predicted octanol–water partition coefficient (Wildman–Crippen LogP) is 1.82. The SMILES string of the molecule is CC1(C)[C@@H](O[C@@H]2OC[C@H](O[C@@H]3O[C@H](CO)[C@@H](O)[C@H](O)[C@H]3O)[C@H](O)[C@H]2O)CC[C@]2(C)[C@H]3CC[C@]45OC[C@@]6(CC[C@](C)(C=O)C[C@@H]64)[C@@H](O)C[C@@]5(C)[C@]3(C)CC[C@@H]12. The molecule has 54 heavy (non-hydrogen) atoms. The van der Waals surface area contributed by atoms with Crippen LogP contribution in [0.2, 0.25) is 0 Å². The third-order valence-electron chi connectivity index (χ3n) is 18.1. The Hall–Kier alpha value is -0.810. The van der Waals surface area contributed by atoms with E-state index in [2.05, 4.69) is 41.5 Å². The highest BCUT2D eigenvalue weighted by Gasteiger charge is 2.80. The second-order valence-corrected chi connectivity index (χ2v) is 20.6. The maximum absolute atomic E-state index is 12.4. The van der Waals surface area contributed by atoms with Crippen LogP contribution in [0.5, 0.6) is 0 Å². The minimum Gasteiger partial charge on any atom is -0.394 e. The summed E-state index contributed by atoms with van der Waals surface area (Å²) in [6.07, 6.45) is -3.50. The molecule has 0 aromatic rings. The van der Waals surface area contributed by atoms with E-state index in [0.29, 0.717) is 18.4 Å². The van der Waals surface area contributed by atoms with Crippen molar-refractivity contribution in [1.82, 2.24) is 0 Å². The van der Waals surface area contributed by atoms with E-state index in [1.165, 1.54) is 0 Å². The number of fused-ring (bicyclic) bond motifs is 4. The van der Waals surface area contributed by atoms with Crippen LogP contribution in [0.25, 0.3) is 0 Å². The molecule has 8 fully saturated rings. The van der Waals surface area contributed by atoms with Crippen molar-refractivity contribution in [3.8, 4) is 0 Å². The fraction of sp³-hybridized carbons (Fsp3) is 0.976. The van der Waals surface area contributed by atoms with E-state index in [0.717, 1.165) is 70.5 Å². The van der Waals surface area contributed by atoms with Gasteiger partial charge in [0.1, 0.15) is 49.0 Å². The standard InChI is InChI=1S/C41H66O13/c1-35(2)23-7-11-38(5)24(8-12-41-25-15-36(3,19-43)13-14-40(25,20-51-41)26(44)16-39(38,41)6)37(23,4)10-9-27(35)54-33-31(48)29(46)22(18-50-33)53-34-32(49)30(47)28(45)21(17-42)52-34/h19,21-34,42,44-49H,7-18,20H2,1-6H3/t21-,22+,23+,24-,25+,26+,27+,28-,29+,30+,31-,32-,33+,34+,36+,37+,38-,39+,40-,41+/m1/s1. The number of ether oxygens (including phenoxy) is 5.